The maximum Gasteiger partial charge on any atom is 0.381 e. The van der Waals surface area contributed by atoms with Crippen molar-refractivity contribution in [2.24, 2.45) is 0 Å². The Morgan fingerprint density at radius 1 is 1.32 bits per heavy atom. The van der Waals surface area contributed by atoms with Gasteiger partial charge in [-0.1, -0.05) is 36.8 Å². The Morgan fingerprint density at radius 3 is 2.60 bits per heavy atom. The lowest BCUT2D eigenvalue weighted by atomic mass is 9.82. The average molecular weight is 364 g/mol. The first-order valence-corrected chi connectivity index (χ1v) is 8.63. The third-order valence-electron chi connectivity index (χ3n) is 4.35. The van der Waals surface area contributed by atoms with Gasteiger partial charge < -0.3 is 15.2 Å². The number of carboxylic acids is 1. The average Bonchev–Trinajstić information content (AvgIpc) is 2.56. The Hall–Kier alpha value is -2.19. The van der Waals surface area contributed by atoms with Crippen molar-refractivity contribution in [1.82, 2.24) is 5.32 Å². The van der Waals surface area contributed by atoms with E-state index in [2.05, 4.69) is 17.2 Å². The lowest BCUT2D eigenvalue weighted by molar-refractivity contribution is -0.130. The number of hydrogen-bond donors (Lipinski definition) is 2. The van der Waals surface area contributed by atoms with Crippen molar-refractivity contribution in [1.29, 1.82) is 0 Å². The van der Waals surface area contributed by atoms with Crippen LogP contribution in [0, 0.1) is 18.8 Å². The zero-order chi connectivity index (χ0) is 18.4. The number of methoxy groups -OCH3 is 1. The number of benzene rings is 1. The van der Waals surface area contributed by atoms with Gasteiger partial charge in [0.25, 0.3) is 0 Å². The SMILES string of the molecule is COc1cc(C)cc(Cl)c1CC(=O)NC1(C#CC(=O)O)CCCCC1. The van der Waals surface area contributed by atoms with E-state index in [0.717, 1.165) is 24.8 Å². The fourth-order valence-corrected chi connectivity index (χ4v) is 3.51. The van der Waals surface area contributed by atoms with Crippen LogP contribution in [0.5, 0.6) is 5.75 Å². The number of nitrogens with one attached hydrogen (secondary N) is 1. The number of hydrogen-bond acceptors (Lipinski definition) is 3. The van der Waals surface area contributed by atoms with E-state index in [4.69, 9.17) is 21.4 Å². The second-order valence-electron chi connectivity index (χ2n) is 6.35. The van der Waals surface area contributed by atoms with Crippen LogP contribution in [-0.2, 0) is 16.0 Å². The zero-order valence-corrected chi connectivity index (χ0v) is 15.2. The fraction of sp³-hybridized carbons (Fsp3) is 0.474. The number of aliphatic carboxylic acids is 1. The largest absolute Gasteiger partial charge is 0.496 e. The van der Waals surface area contributed by atoms with Gasteiger partial charge in [0.15, 0.2) is 0 Å². The Bertz CT molecular complexity index is 727. The van der Waals surface area contributed by atoms with E-state index in [0.29, 0.717) is 29.2 Å². The molecule has 6 heteroatoms. The van der Waals surface area contributed by atoms with Crippen molar-refractivity contribution >= 4 is 23.5 Å². The second kappa shape index (κ2) is 8.26. The number of amides is 1. The fourth-order valence-electron chi connectivity index (χ4n) is 3.18. The molecule has 2 N–H and O–H groups in total. The number of carboxylic acid groups (broad SMARTS) is 1. The van der Waals surface area contributed by atoms with Crippen molar-refractivity contribution in [2.75, 3.05) is 7.11 Å². The summed E-state index contributed by atoms with van der Waals surface area (Å²) < 4.78 is 5.33. The smallest absolute Gasteiger partial charge is 0.381 e. The Labute approximate surface area is 152 Å². The van der Waals surface area contributed by atoms with Gasteiger partial charge in [-0.3, -0.25) is 4.79 Å². The quantitative estimate of drug-likeness (QED) is 0.806. The van der Waals surface area contributed by atoms with Crippen LogP contribution in [0.1, 0.15) is 43.2 Å². The molecule has 0 radical (unpaired) electrons. The van der Waals surface area contributed by atoms with Crippen molar-refractivity contribution in [2.45, 2.75) is 51.0 Å². The molecule has 1 amide bonds. The van der Waals surface area contributed by atoms with Gasteiger partial charge in [0.2, 0.25) is 5.91 Å². The first kappa shape index (κ1) is 19.1. The molecule has 5 nitrogen and oxygen atoms in total. The monoisotopic (exact) mass is 363 g/mol. The summed E-state index contributed by atoms with van der Waals surface area (Å²) in [4.78, 5) is 23.4. The standard InChI is InChI=1S/C19H22ClNO4/c1-13-10-15(20)14(16(11-13)25-2)12-17(22)21-19(9-6-18(23)24)7-4-3-5-8-19/h10-11H,3-5,7-8,12H2,1-2H3,(H,21,22)(H,23,24). The number of carbonyl (C=O) groups is 2. The summed E-state index contributed by atoms with van der Waals surface area (Å²) in [5, 5.41) is 12.3. The van der Waals surface area contributed by atoms with E-state index in [9.17, 15) is 9.59 Å². The van der Waals surface area contributed by atoms with Gasteiger partial charge in [-0.05, 0) is 37.5 Å². The summed E-state index contributed by atoms with van der Waals surface area (Å²) in [5.74, 6) is 4.05. The highest BCUT2D eigenvalue weighted by molar-refractivity contribution is 6.31. The number of aryl methyl sites for hydroxylation is 1. The van der Waals surface area contributed by atoms with Gasteiger partial charge >= 0.3 is 5.97 Å². The lowest BCUT2D eigenvalue weighted by Gasteiger charge is -2.33. The van der Waals surface area contributed by atoms with Gasteiger partial charge in [-0.25, -0.2) is 4.79 Å². The minimum atomic E-state index is -1.19. The van der Waals surface area contributed by atoms with Crippen LogP contribution in [-0.4, -0.2) is 29.6 Å². The number of carbonyl (C=O) groups excluding carboxylic acids is 1. The van der Waals surface area contributed by atoms with Crippen LogP contribution in [0.15, 0.2) is 12.1 Å². The van der Waals surface area contributed by atoms with Gasteiger partial charge in [-0.2, -0.15) is 0 Å². The molecular formula is C19H22ClNO4. The first-order chi connectivity index (χ1) is 11.8. The summed E-state index contributed by atoms with van der Waals surface area (Å²) in [6.45, 7) is 1.90. The van der Waals surface area contributed by atoms with Gasteiger partial charge in [0, 0.05) is 16.5 Å². The summed E-state index contributed by atoms with van der Waals surface area (Å²) in [6, 6.07) is 3.61. The third kappa shape index (κ3) is 5.14. The predicted molar refractivity (Wildman–Crippen MR) is 95.8 cm³/mol. The van der Waals surface area contributed by atoms with E-state index < -0.39 is 11.5 Å². The van der Waals surface area contributed by atoms with Crippen molar-refractivity contribution < 1.29 is 19.4 Å². The van der Waals surface area contributed by atoms with Crippen LogP contribution < -0.4 is 10.1 Å². The van der Waals surface area contributed by atoms with E-state index in [-0.39, 0.29) is 12.3 Å². The third-order valence-corrected chi connectivity index (χ3v) is 4.69. The Balaban J connectivity index is 2.20. The molecule has 1 aliphatic carbocycles. The molecule has 0 spiro atoms. The van der Waals surface area contributed by atoms with Crippen molar-refractivity contribution in [3.63, 3.8) is 0 Å². The molecule has 2 rings (SSSR count). The minimum absolute atomic E-state index is 0.0544. The summed E-state index contributed by atoms with van der Waals surface area (Å²) in [6.07, 6.45) is 4.23. The molecule has 0 aromatic heterocycles. The number of halogens is 1. The summed E-state index contributed by atoms with van der Waals surface area (Å²) in [7, 11) is 1.54. The molecule has 25 heavy (non-hydrogen) atoms. The molecular weight excluding hydrogens is 342 g/mol. The molecule has 1 aliphatic rings. The zero-order valence-electron chi connectivity index (χ0n) is 14.4. The topological polar surface area (TPSA) is 75.6 Å². The molecule has 1 saturated carbocycles. The second-order valence-corrected chi connectivity index (χ2v) is 6.76. The van der Waals surface area contributed by atoms with Crippen molar-refractivity contribution in [3.05, 3.63) is 28.3 Å². The molecule has 134 valence electrons. The predicted octanol–water partition coefficient (Wildman–Crippen LogP) is 3.11. The van der Waals surface area contributed by atoms with Gasteiger partial charge in [0.05, 0.1) is 13.5 Å². The number of rotatable bonds is 4. The molecule has 0 heterocycles. The van der Waals surface area contributed by atoms with E-state index in [1.807, 2.05) is 13.0 Å². The molecule has 0 unspecified atom stereocenters. The van der Waals surface area contributed by atoms with Gasteiger partial charge in [0.1, 0.15) is 11.3 Å². The Morgan fingerprint density at radius 2 is 2.00 bits per heavy atom. The molecule has 1 aromatic carbocycles. The maximum atomic E-state index is 12.6. The van der Waals surface area contributed by atoms with Crippen LogP contribution >= 0.6 is 11.6 Å². The van der Waals surface area contributed by atoms with Crippen LogP contribution in [0.3, 0.4) is 0 Å². The van der Waals surface area contributed by atoms with Crippen molar-refractivity contribution in [3.8, 4) is 17.6 Å². The molecule has 1 fully saturated rings. The highest BCUT2D eigenvalue weighted by Crippen LogP contribution is 2.31. The van der Waals surface area contributed by atoms with Crippen LogP contribution in [0.4, 0.5) is 0 Å². The summed E-state index contributed by atoms with van der Waals surface area (Å²) >= 11 is 6.27. The first-order valence-electron chi connectivity index (χ1n) is 8.25. The van der Waals surface area contributed by atoms with Crippen LogP contribution in [0.25, 0.3) is 0 Å². The molecule has 0 aliphatic heterocycles. The van der Waals surface area contributed by atoms with E-state index >= 15 is 0 Å². The van der Waals surface area contributed by atoms with Gasteiger partial charge in [-0.15, -0.1) is 0 Å². The molecule has 0 bridgehead atoms. The van der Waals surface area contributed by atoms with E-state index in [1.165, 1.54) is 7.11 Å². The molecule has 1 aromatic rings. The van der Waals surface area contributed by atoms with E-state index in [1.54, 1.807) is 6.07 Å². The minimum Gasteiger partial charge on any atom is -0.496 e. The maximum absolute atomic E-state index is 12.6. The van der Waals surface area contributed by atoms with Crippen LogP contribution in [0.2, 0.25) is 5.02 Å². The lowest BCUT2D eigenvalue weighted by Crippen LogP contribution is -2.49. The normalized spacial score (nSPS) is 15.6. The molecule has 0 saturated heterocycles. The molecule has 0 atom stereocenters. The number of ether oxygens (including phenoxy) is 1. The Kier molecular flexibility index (Phi) is 6.33. The highest BCUT2D eigenvalue weighted by atomic mass is 35.5. The summed E-state index contributed by atoms with van der Waals surface area (Å²) in [5.41, 5.74) is 0.782. The highest BCUT2D eigenvalue weighted by Gasteiger charge is 2.32.